The third-order valence-electron chi connectivity index (χ3n) is 3.11. The molecule has 0 fully saturated rings. The van der Waals surface area contributed by atoms with E-state index in [-0.39, 0.29) is 5.56 Å². The lowest BCUT2D eigenvalue weighted by molar-refractivity contribution is 1.04. The average Bonchev–Trinajstić information content (AvgIpc) is 2.73. The molecular weight excluding hydrogens is 290 g/mol. The number of fused-ring (bicyclic) bond motifs is 1. The lowest BCUT2D eigenvalue weighted by atomic mass is 10.2. The van der Waals surface area contributed by atoms with Gasteiger partial charge in [-0.25, -0.2) is 4.98 Å². The fourth-order valence-electron chi connectivity index (χ4n) is 1.95. The van der Waals surface area contributed by atoms with Crippen molar-refractivity contribution in [2.75, 3.05) is 0 Å². The SMILES string of the molecule is Cc1sc2nc(CSc3ccncc3)[nH]c(=O)c2c1C. The molecule has 3 aromatic rings. The summed E-state index contributed by atoms with van der Waals surface area (Å²) in [6, 6.07) is 3.89. The first-order valence-corrected chi connectivity index (χ1v) is 7.97. The summed E-state index contributed by atoms with van der Waals surface area (Å²) < 4.78 is 0. The molecule has 0 spiro atoms. The summed E-state index contributed by atoms with van der Waals surface area (Å²) in [6.07, 6.45) is 3.52. The largest absolute Gasteiger partial charge is 0.309 e. The first kappa shape index (κ1) is 13.3. The number of rotatable bonds is 3. The first-order chi connectivity index (χ1) is 9.65. The summed E-state index contributed by atoms with van der Waals surface area (Å²) in [4.78, 5) is 26.6. The summed E-state index contributed by atoms with van der Waals surface area (Å²) in [7, 11) is 0. The van der Waals surface area contributed by atoms with Crippen molar-refractivity contribution in [1.82, 2.24) is 15.0 Å². The van der Waals surface area contributed by atoms with Crippen molar-refractivity contribution in [2.45, 2.75) is 24.5 Å². The van der Waals surface area contributed by atoms with Crippen LogP contribution >= 0.6 is 23.1 Å². The summed E-state index contributed by atoms with van der Waals surface area (Å²) in [5, 5.41) is 0.727. The van der Waals surface area contributed by atoms with Gasteiger partial charge in [0.25, 0.3) is 5.56 Å². The molecule has 0 saturated heterocycles. The van der Waals surface area contributed by atoms with Crippen LogP contribution in [0.3, 0.4) is 0 Å². The smallest absolute Gasteiger partial charge is 0.259 e. The van der Waals surface area contributed by atoms with Crippen LogP contribution in [0.5, 0.6) is 0 Å². The van der Waals surface area contributed by atoms with Crippen LogP contribution in [0.25, 0.3) is 10.2 Å². The fraction of sp³-hybridized carbons (Fsp3) is 0.214. The predicted molar refractivity (Wildman–Crippen MR) is 83.5 cm³/mol. The molecule has 6 heteroatoms. The zero-order valence-corrected chi connectivity index (χ0v) is 12.8. The van der Waals surface area contributed by atoms with Gasteiger partial charge < -0.3 is 4.98 Å². The molecule has 0 aliphatic carbocycles. The van der Waals surface area contributed by atoms with Crippen LogP contribution in [-0.4, -0.2) is 15.0 Å². The minimum atomic E-state index is -0.0396. The van der Waals surface area contributed by atoms with E-state index in [2.05, 4.69) is 15.0 Å². The van der Waals surface area contributed by atoms with E-state index < -0.39 is 0 Å². The van der Waals surface area contributed by atoms with Crippen LogP contribution < -0.4 is 5.56 Å². The molecule has 20 heavy (non-hydrogen) atoms. The van der Waals surface area contributed by atoms with E-state index in [1.165, 1.54) is 0 Å². The highest BCUT2D eigenvalue weighted by molar-refractivity contribution is 7.98. The van der Waals surface area contributed by atoms with Crippen LogP contribution in [0.1, 0.15) is 16.3 Å². The summed E-state index contributed by atoms with van der Waals surface area (Å²) >= 11 is 3.21. The van der Waals surface area contributed by atoms with Crippen LogP contribution in [0.15, 0.2) is 34.2 Å². The van der Waals surface area contributed by atoms with Gasteiger partial charge in [0.15, 0.2) is 0 Å². The standard InChI is InChI=1S/C14H13N3OS2/c1-8-9(2)20-14-12(8)13(18)16-11(17-14)7-19-10-3-5-15-6-4-10/h3-6H,7H2,1-2H3,(H,16,17,18). The Hall–Kier alpha value is -1.66. The van der Waals surface area contributed by atoms with E-state index >= 15 is 0 Å². The molecule has 3 rings (SSSR count). The van der Waals surface area contributed by atoms with Crippen molar-refractivity contribution in [3.05, 3.63) is 51.1 Å². The molecule has 0 aliphatic heterocycles. The van der Waals surface area contributed by atoms with Crippen molar-refractivity contribution in [2.24, 2.45) is 0 Å². The van der Waals surface area contributed by atoms with Gasteiger partial charge in [-0.2, -0.15) is 0 Å². The lowest BCUT2D eigenvalue weighted by Gasteiger charge is -2.01. The second kappa shape index (κ2) is 5.38. The number of H-pyrrole nitrogens is 1. The zero-order valence-electron chi connectivity index (χ0n) is 11.1. The van der Waals surface area contributed by atoms with Crippen LogP contribution in [0.4, 0.5) is 0 Å². The fourth-order valence-corrected chi connectivity index (χ4v) is 3.76. The Balaban J connectivity index is 1.91. The Morgan fingerprint density at radius 1 is 1.30 bits per heavy atom. The maximum Gasteiger partial charge on any atom is 0.259 e. The number of hydrogen-bond acceptors (Lipinski definition) is 5. The van der Waals surface area contributed by atoms with E-state index in [1.807, 2.05) is 26.0 Å². The van der Waals surface area contributed by atoms with E-state index in [0.29, 0.717) is 11.6 Å². The summed E-state index contributed by atoms with van der Waals surface area (Å²) in [5.41, 5.74) is 0.995. The number of thioether (sulfide) groups is 1. The normalized spacial score (nSPS) is 11.1. The number of aromatic nitrogens is 3. The lowest BCUT2D eigenvalue weighted by Crippen LogP contribution is -2.10. The van der Waals surface area contributed by atoms with Gasteiger partial charge in [-0.15, -0.1) is 23.1 Å². The second-order valence-electron chi connectivity index (χ2n) is 4.45. The van der Waals surface area contributed by atoms with Gasteiger partial charge in [-0.3, -0.25) is 9.78 Å². The Morgan fingerprint density at radius 2 is 2.05 bits per heavy atom. The molecule has 0 aliphatic rings. The van der Waals surface area contributed by atoms with E-state index in [1.54, 1.807) is 35.5 Å². The number of thiophene rings is 1. The molecule has 0 radical (unpaired) electrons. The minimum Gasteiger partial charge on any atom is -0.309 e. The molecule has 4 nitrogen and oxygen atoms in total. The first-order valence-electron chi connectivity index (χ1n) is 6.17. The molecule has 1 N–H and O–H groups in total. The number of nitrogens with one attached hydrogen (secondary N) is 1. The molecule has 3 aromatic heterocycles. The van der Waals surface area contributed by atoms with Crippen molar-refractivity contribution in [3.63, 3.8) is 0 Å². The number of aromatic amines is 1. The monoisotopic (exact) mass is 303 g/mol. The topological polar surface area (TPSA) is 58.6 Å². The summed E-state index contributed by atoms with van der Waals surface area (Å²) in [5.74, 6) is 1.36. The summed E-state index contributed by atoms with van der Waals surface area (Å²) in [6.45, 7) is 3.99. The molecule has 0 saturated carbocycles. The quantitative estimate of drug-likeness (QED) is 0.754. The van der Waals surface area contributed by atoms with E-state index in [9.17, 15) is 4.79 Å². The molecule has 0 unspecified atom stereocenters. The Bertz CT molecular complexity index is 808. The highest BCUT2D eigenvalue weighted by atomic mass is 32.2. The Labute approximate surface area is 124 Å². The van der Waals surface area contributed by atoms with Gasteiger partial charge in [0.2, 0.25) is 0 Å². The van der Waals surface area contributed by atoms with E-state index in [0.717, 1.165) is 25.6 Å². The maximum absolute atomic E-state index is 12.1. The van der Waals surface area contributed by atoms with Gasteiger partial charge in [0.05, 0.1) is 11.1 Å². The van der Waals surface area contributed by atoms with Gasteiger partial charge in [0.1, 0.15) is 10.7 Å². The van der Waals surface area contributed by atoms with Crippen molar-refractivity contribution >= 4 is 33.3 Å². The molecular formula is C14H13N3OS2. The van der Waals surface area contributed by atoms with Crippen LogP contribution in [0, 0.1) is 13.8 Å². The molecule has 0 aromatic carbocycles. The Kier molecular flexibility index (Phi) is 3.58. The molecule has 0 bridgehead atoms. The minimum absolute atomic E-state index is 0.0396. The number of hydrogen-bond donors (Lipinski definition) is 1. The number of pyridine rings is 1. The Morgan fingerprint density at radius 3 is 2.80 bits per heavy atom. The van der Waals surface area contributed by atoms with Crippen LogP contribution in [0.2, 0.25) is 0 Å². The van der Waals surface area contributed by atoms with Gasteiger partial charge in [0, 0.05) is 22.2 Å². The van der Waals surface area contributed by atoms with Crippen molar-refractivity contribution in [1.29, 1.82) is 0 Å². The third-order valence-corrected chi connectivity index (χ3v) is 5.24. The number of aryl methyl sites for hydroxylation is 2. The average molecular weight is 303 g/mol. The molecule has 3 heterocycles. The van der Waals surface area contributed by atoms with Crippen LogP contribution in [-0.2, 0) is 5.75 Å². The van der Waals surface area contributed by atoms with Crippen molar-refractivity contribution in [3.8, 4) is 0 Å². The molecule has 0 amide bonds. The predicted octanol–water partition coefficient (Wildman–Crippen LogP) is 3.29. The molecule has 102 valence electrons. The third kappa shape index (κ3) is 2.48. The molecule has 0 atom stereocenters. The zero-order chi connectivity index (χ0) is 14.1. The van der Waals surface area contributed by atoms with Crippen molar-refractivity contribution < 1.29 is 0 Å². The maximum atomic E-state index is 12.1. The van der Waals surface area contributed by atoms with Gasteiger partial charge in [-0.1, -0.05) is 0 Å². The highest BCUT2D eigenvalue weighted by Crippen LogP contribution is 2.27. The van der Waals surface area contributed by atoms with Gasteiger partial charge >= 0.3 is 0 Å². The van der Waals surface area contributed by atoms with Gasteiger partial charge in [-0.05, 0) is 31.5 Å². The number of nitrogens with zero attached hydrogens (tertiary/aromatic N) is 2. The van der Waals surface area contributed by atoms with E-state index in [4.69, 9.17) is 0 Å². The highest BCUT2D eigenvalue weighted by Gasteiger charge is 2.11. The second-order valence-corrected chi connectivity index (χ2v) is 6.70.